The molecule has 1 aromatic carbocycles. The van der Waals surface area contributed by atoms with Crippen molar-refractivity contribution < 1.29 is 14.3 Å². The number of ether oxygens (including phenoxy) is 1. The molecule has 1 amide bonds. The van der Waals surface area contributed by atoms with Gasteiger partial charge in [-0.2, -0.15) is 0 Å². The second-order valence-electron chi connectivity index (χ2n) is 8.22. The van der Waals surface area contributed by atoms with Crippen LogP contribution in [0.1, 0.15) is 59.5 Å². The number of fused-ring (bicyclic) bond motifs is 1. The van der Waals surface area contributed by atoms with Gasteiger partial charge in [0.05, 0.1) is 18.4 Å². The number of benzene rings is 1. The first kappa shape index (κ1) is 23.5. The lowest BCUT2D eigenvalue weighted by Crippen LogP contribution is -2.16. The fraction of sp³-hybridized carbons (Fsp3) is 0.417. The van der Waals surface area contributed by atoms with Gasteiger partial charge in [0.1, 0.15) is 5.00 Å². The summed E-state index contributed by atoms with van der Waals surface area (Å²) in [6.45, 7) is 7.07. The number of esters is 1. The van der Waals surface area contributed by atoms with E-state index in [-0.39, 0.29) is 11.7 Å². The summed E-state index contributed by atoms with van der Waals surface area (Å²) in [7, 11) is 1.37. The Morgan fingerprint density at radius 1 is 1.21 bits per heavy atom. The second kappa shape index (κ2) is 10.1. The number of carbonyl (C=O) groups excluding carboxylic acids is 2. The van der Waals surface area contributed by atoms with E-state index < -0.39 is 5.97 Å². The van der Waals surface area contributed by atoms with Crippen molar-refractivity contribution in [3.8, 4) is 11.4 Å². The molecule has 9 heteroatoms. The minimum Gasteiger partial charge on any atom is -0.465 e. The Bertz CT molecular complexity index is 1170. The Hall–Kier alpha value is -2.65. The zero-order valence-electron chi connectivity index (χ0n) is 19.3. The quantitative estimate of drug-likeness (QED) is 0.351. The van der Waals surface area contributed by atoms with Crippen LogP contribution in [0.3, 0.4) is 0 Å². The van der Waals surface area contributed by atoms with E-state index in [2.05, 4.69) is 53.6 Å². The molecule has 2 aromatic heterocycles. The number of aryl methyl sites for hydroxylation is 1. The molecule has 0 unspecified atom stereocenters. The molecule has 0 aliphatic heterocycles. The van der Waals surface area contributed by atoms with Gasteiger partial charge in [-0.15, -0.1) is 21.5 Å². The van der Waals surface area contributed by atoms with Crippen molar-refractivity contribution >= 4 is 40.0 Å². The van der Waals surface area contributed by atoms with Gasteiger partial charge in [-0.1, -0.05) is 49.9 Å². The van der Waals surface area contributed by atoms with Crippen LogP contribution >= 0.6 is 23.1 Å². The van der Waals surface area contributed by atoms with Gasteiger partial charge in [-0.05, 0) is 43.2 Å². The minimum absolute atomic E-state index is 0.174. The van der Waals surface area contributed by atoms with Gasteiger partial charge in [0.2, 0.25) is 5.91 Å². The molecule has 1 aliphatic rings. The molecule has 4 rings (SSSR count). The number of nitrogens with one attached hydrogen (secondary N) is 1. The topological polar surface area (TPSA) is 86.1 Å². The van der Waals surface area contributed by atoms with E-state index in [1.807, 2.05) is 11.5 Å². The van der Waals surface area contributed by atoms with Crippen LogP contribution in [-0.4, -0.2) is 39.5 Å². The molecule has 0 atom stereocenters. The number of nitrogens with zero attached hydrogens (tertiary/aromatic N) is 3. The van der Waals surface area contributed by atoms with Crippen molar-refractivity contribution in [1.29, 1.82) is 0 Å². The first-order valence-corrected chi connectivity index (χ1v) is 12.9. The molecule has 174 valence electrons. The summed E-state index contributed by atoms with van der Waals surface area (Å²) < 4.78 is 6.97. The smallest absolute Gasteiger partial charge is 0.341 e. The molecular weight excluding hydrogens is 456 g/mol. The van der Waals surface area contributed by atoms with Gasteiger partial charge in [0, 0.05) is 17.0 Å². The monoisotopic (exact) mass is 484 g/mol. The molecule has 33 heavy (non-hydrogen) atoms. The molecule has 1 aliphatic carbocycles. The highest BCUT2D eigenvalue weighted by atomic mass is 32.2. The number of amides is 1. The van der Waals surface area contributed by atoms with Crippen LogP contribution in [-0.2, 0) is 28.9 Å². The van der Waals surface area contributed by atoms with Gasteiger partial charge >= 0.3 is 5.97 Å². The summed E-state index contributed by atoms with van der Waals surface area (Å²) in [6.07, 6.45) is 2.82. The molecule has 0 radical (unpaired) electrons. The van der Waals surface area contributed by atoms with Gasteiger partial charge in [0.25, 0.3) is 0 Å². The van der Waals surface area contributed by atoms with E-state index in [0.717, 1.165) is 41.1 Å². The molecule has 2 heterocycles. The van der Waals surface area contributed by atoms with Crippen LogP contribution in [0, 0.1) is 0 Å². The Morgan fingerprint density at radius 2 is 1.97 bits per heavy atom. The first-order valence-electron chi connectivity index (χ1n) is 11.1. The van der Waals surface area contributed by atoms with E-state index in [1.54, 1.807) is 0 Å². The standard InChI is InChI=1S/C24H28N4O3S2/c1-5-28-21(16-11-9-15(10-12-16)14(2)3)26-27-24(28)32-13-19(29)25-22-20(23(30)31-4)17-7-6-8-18(17)33-22/h9-12,14H,5-8,13H2,1-4H3,(H,25,29). The first-order chi connectivity index (χ1) is 15.9. The zero-order valence-corrected chi connectivity index (χ0v) is 20.9. The van der Waals surface area contributed by atoms with Crippen molar-refractivity contribution in [1.82, 2.24) is 14.8 Å². The maximum atomic E-state index is 12.7. The van der Waals surface area contributed by atoms with Crippen LogP contribution in [0.4, 0.5) is 5.00 Å². The maximum Gasteiger partial charge on any atom is 0.341 e. The lowest BCUT2D eigenvalue weighted by atomic mass is 10.0. The zero-order chi connectivity index (χ0) is 23.5. The molecule has 0 bridgehead atoms. The number of hydrogen-bond donors (Lipinski definition) is 1. The van der Waals surface area contributed by atoms with Crippen LogP contribution in [0.2, 0.25) is 0 Å². The predicted molar refractivity (Wildman–Crippen MR) is 132 cm³/mol. The van der Waals surface area contributed by atoms with Crippen LogP contribution in [0.25, 0.3) is 11.4 Å². The molecule has 0 fully saturated rings. The summed E-state index contributed by atoms with van der Waals surface area (Å²) in [4.78, 5) is 26.2. The molecule has 7 nitrogen and oxygen atoms in total. The highest BCUT2D eigenvalue weighted by molar-refractivity contribution is 7.99. The van der Waals surface area contributed by atoms with Crippen molar-refractivity contribution in [2.75, 3.05) is 18.2 Å². The van der Waals surface area contributed by atoms with E-state index in [9.17, 15) is 9.59 Å². The molecular formula is C24H28N4O3S2. The largest absolute Gasteiger partial charge is 0.465 e. The number of hydrogen-bond acceptors (Lipinski definition) is 7. The van der Waals surface area contributed by atoms with Gasteiger partial charge in [0.15, 0.2) is 11.0 Å². The number of methoxy groups -OCH3 is 1. The summed E-state index contributed by atoms with van der Waals surface area (Å²) in [5.74, 6) is 0.859. The normalized spacial score (nSPS) is 12.8. The molecule has 0 saturated heterocycles. The van der Waals surface area contributed by atoms with Crippen molar-refractivity contribution in [2.45, 2.75) is 57.7 Å². The van der Waals surface area contributed by atoms with E-state index >= 15 is 0 Å². The Morgan fingerprint density at radius 3 is 2.64 bits per heavy atom. The fourth-order valence-electron chi connectivity index (χ4n) is 4.01. The highest BCUT2D eigenvalue weighted by Gasteiger charge is 2.28. The Kier molecular flexibility index (Phi) is 7.19. The van der Waals surface area contributed by atoms with Gasteiger partial charge < -0.3 is 14.6 Å². The number of carbonyl (C=O) groups is 2. The fourth-order valence-corrected chi connectivity index (χ4v) is 6.11. The maximum absolute atomic E-state index is 12.7. The Labute approximate surface area is 201 Å². The lowest BCUT2D eigenvalue weighted by Gasteiger charge is -2.09. The average Bonchev–Trinajstić information content (AvgIpc) is 3.51. The minimum atomic E-state index is -0.392. The third-order valence-electron chi connectivity index (χ3n) is 5.76. The number of thioether (sulfide) groups is 1. The van der Waals surface area contributed by atoms with Crippen molar-refractivity contribution in [3.63, 3.8) is 0 Å². The van der Waals surface area contributed by atoms with Crippen LogP contribution in [0.15, 0.2) is 29.4 Å². The molecule has 0 saturated carbocycles. The van der Waals surface area contributed by atoms with Crippen molar-refractivity contribution in [2.24, 2.45) is 0 Å². The number of aromatic nitrogens is 3. The van der Waals surface area contributed by atoms with Crippen LogP contribution in [0.5, 0.6) is 0 Å². The SMILES string of the molecule is CCn1c(SCC(=O)Nc2sc3c(c2C(=O)OC)CCC3)nnc1-c1ccc(C(C)C)cc1. The molecule has 0 spiro atoms. The van der Waals surface area contributed by atoms with E-state index in [0.29, 0.717) is 28.2 Å². The average molecular weight is 485 g/mol. The summed E-state index contributed by atoms with van der Waals surface area (Å²) in [5, 5.41) is 12.9. The summed E-state index contributed by atoms with van der Waals surface area (Å²) in [5.41, 5.74) is 3.81. The third kappa shape index (κ3) is 4.84. The lowest BCUT2D eigenvalue weighted by molar-refractivity contribution is -0.113. The van der Waals surface area contributed by atoms with Gasteiger partial charge in [-0.25, -0.2) is 4.79 Å². The summed E-state index contributed by atoms with van der Waals surface area (Å²) >= 11 is 2.82. The van der Waals surface area contributed by atoms with Gasteiger partial charge in [-0.3, -0.25) is 4.79 Å². The Balaban J connectivity index is 1.46. The summed E-state index contributed by atoms with van der Waals surface area (Å²) in [6, 6.07) is 8.37. The molecule has 1 N–H and O–H groups in total. The predicted octanol–water partition coefficient (Wildman–Crippen LogP) is 5.16. The third-order valence-corrected chi connectivity index (χ3v) is 7.94. The second-order valence-corrected chi connectivity index (χ2v) is 10.3. The van der Waals surface area contributed by atoms with E-state index in [1.165, 1.54) is 35.8 Å². The molecule has 3 aromatic rings. The number of thiophene rings is 1. The van der Waals surface area contributed by atoms with Crippen molar-refractivity contribution in [3.05, 3.63) is 45.8 Å². The number of rotatable bonds is 8. The van der Waals surface area contributed by atoms with Crippen LogP contribution < -0.4 is 5.32 Å². The van der Waals surface area contributed by atoms with E-state index in [4.69, 9.17) is 4.74 Å². The number of anilines is 1. The highest BCUT2D eigenvalue weighted by Crippen LogP contribution is 2.39.